The van der Waals surface area contributed by atoms with E-state index in [1.54, 1.807) is 0 Å². The van der Waals surface area contributed by atoms with Crippen molar-refractivity contribution in [3.05, 3.63) is 23.4 Å². The van der Waals surface area contributed by atoms with Crippen LogP contribution in [0.15, 0.2) is 12.1 Å². The number of hydrogen-bond acceptors (Lipinski definition) is 3. The van der Waals surface area contributed by atoms with Crippen molar-refractivity contribution in [2.75, 3.05) is 0 Å². The predicted octanol–water partition coefficient (Wildman–Crippen LogP) is 4.24. The van der Waals surface area contributed by atoms with Crippen molar-refractivity contribution in [1.29, 1.82) is 0 Å². The third-order valence-electron chi connectivity index (χ3n) is 4.28. The van der Waals surface area contributed by atoms with E-state index in [4.69, 9.17) is 4.74 Å². The van der Waals surface area contributed by atoms with Gasteiger partial charge in [0.05, 0.1) is 0 Å². The highest BCUT2D eigenvalue weighted by molar-refractivity contribution is 5.25. The highest BCUT2D eigenvalue weighted by Crippen LogP contribution is 2.36. The van der Waals surface area contributed by atoms with Crippen LogP contribution in [0.2, 0.25) is 0 Å². The molecule has 0 bridgehead atoms. The SMILES string of the molecule is Cc1cc(CNC(C)C)cc(OC2CCC(C)(C)CC2)n1. The summed E-state index contributed by atoms with van der Waals surface area (Å²) in [6.07, 6.45) is 5.10. The van der Waals surface area contributed by atoms with Crippen LogP contribution < -0.4 is 10.1 Å². The first-order chi connectivity index (χ1) is 9.84. The van der Waals surface area contributed by atoms with Crippen molar-refractivity contribution in [3.8, 4) is 5.88 Å². The van der Waals surface area contributed by atoms with E-state index in [0.717, 1.165) is 31.0 Å². The Balaban J connectivity index is 1.96. The molecule has 0 amide bonds. The number of hydrogen-bond donors (Lipinski definition) is 1. The van der Waals surface area contributed by atoms with Gasteiger partial charge in [-0.25, -0.2) is 4.98 Å². The van der Waals surface area contributed by atoms with Gasteiger partial charge in [0.15, 0.2) is 0 Å². The molecular weight excluding hydrogens is 260 g/mol. The highest BCUT2D eigenvalue weighted by Gasteiger charge is 2.28. The van der Waals surface area contributed by atoms with E-state index < -0.39 is 0 Å². The van der Waals surface area contributed by atoms with E-state index in [2.05, 4.69) is 50.1 Å². The molecule has 0 unspecified atom stereocenters. The molecule has 1 heterocycles. The third-order valence-corrected chi connectivity index (χ3v) is 4.28. The second kappa shape index (κ2) is 6.78. The maximum absolute atomic E-state index is 6.14. The zero-order chi connectivity index (χ0) is 15.5. The van der Waals surface area contributed by atoms with Gasteiger partial charge in [0.1, 0.15) is 6.10 Å². The number of rotatable bonds is 5. The summed E-state index contributed by atoms with van der Waals surface area (Å²) in [5.41, 5.74) is 2.76. The summed E-state index contributed by atoms with van der Waals surface area (Å²) in [5, 5.41) is 3.45. The molecule has 3 nitrogen and oxygen atoms in total. The van der Waals surface area contributed by atoms with Crippen LogP contribution in [0.5, 0.6) is 5.88 Å². The lowest BCUT2D eigenvalue weighted by molar-refractivity contribution is 0.0947. The smallest absolute Gasteiger partial charge is 0.214 e. The fourth-order valence-corrected chi connectivity index (χ4v) is 2.85. The van der Waals surface area contributed by atoms with Crippen molar-refractivity contribution < 1.29 is 4.74 Å². The molecule has 2 rings (SSSR count). The standard InChI is InChI=1S/C18H30N2O/c1-13(2)19-12-15-10-14(3)20-17(11-15)21-16-6-8-18(4,5)9-7-16/h10-11,13,16,19H,6-9,12H2,1-5H3. The van der Waals surface area contributed by atoms with Crippen molar-refractivity contribution in [3.63, 3.8) is 0 Å². The molecular formula is C18H30N2O. The summed E-state index contributed by atoms with van der Waals surface area (Å²) in [4.78, 5) is 4.54. The molecule has 1 aliphatic carbocycles. The Morgan fingerprint density at radius 1 is 1.29 bits per heavy atom. The Bertz CT molecular complexity index is 458. The molecule has 1 aliphatic rings. The molecule has 1 saturated carbocycles. The molecule has 1 aromatic heterocycles. The van der Waals surface area contributed by atoms with Crippen LogP contribution in [-0.2, 0) is 6.54 Å². The van der Waals surface area contributed by atoms with Gasteiger partial charge in [-0.15, -0.1) is 0 Å². The van der Waals surface area contributed by atoms with Crippen LogP contribution in [0, 0.1) is 12.3 Å². The molecule has 118 valence electrons. The second-order valence-corrected chi connectivity index (χ2v) is 7.47. The quantitative estimate of drug-likeness (QED) is 0.881. The van der Waals surface area contributed by atoms with Gasteiger partial charge in [0, 0.05) is 24.3 Å². The zero-order valence-corrected chi connectivity index (χ0v) is 14.2. The van der Waals surface area contributed by atoms with Gasteiger partial charge < -0.3 is 10.1 Å². The number of aryl methyl sites for hydroxylation is 1. The lowest BCUT2D eigenvalue weighted by Gasteiger charge is -2.34. The number of pyridine rings is 1. The summed E-state index contributed by atoms with van der Waals surface area (Å²) in [6, 6.07) is 4.71. The first-order valence-corrected chi connectivity index (χ1v) is 8.22. The molecule has 0 aliphatic heterocycles. The average Bonchev–Trinajstić information content (AvgIpc) is 2.38. The van der Waals surface area contributed by atoms with Gasteiger partial charge in [0.25, 0.3) is 0 Å². The van der Waals surface area contributed by atoms with E-state index in [1.165, 1.54) is 18.4 Å². The topological polar surface area (TPSA) is 34.1 Å². The minimum atomic E-state index is 0.332. The molecule has 0 saturated heterocycles. The second-order valence-electron chi connectivity index (χ2n) is 7.47. The first kappa shape index (κ1) is 16.3. The van der Waals surface area contributed by atoms with E-state index in [1.807, 2.05) is 6.92 Å². The van der Waals surface area contributed by atoms with Gasteiger partial charge >= 0.3 is 0 Å². The van der Waals surface area contributed by atoms with Crippen molar-refractivity contribution >= 4 is 0 Å². The van der Waals surface area contributed by atoms with Gasteiger partial charge in [0.2, 0.25) is 5.88 Å². The van der Waals surface area contributed by atoms with Crippen molar-refractivity contribution in [1.82, 2.24) is 10.3 Å². The highest BCUT2D eigenvalue weighted by atomic mass is 16.5. The van der Waals surface area contributed by atoms with Crippen LogP contribution in [0.1, 0.15) is 64.6 Å². The van der Waals surface area contributed by atoms with Crippen molar-refractivity contribution in [2.45, 2.75) is 79.0 Å². The normalized spacial score (nSPS) is 19.0. The largest absolute Gasteiger partial charge is 0.474 e. The fourth-order valence-electron chi connectivity index (χ4n) is 2.85. The summed E-state index contributed by atoms with van der Waals surface area (Å²) in [5.74, 6) is 0.792. The molecule has 1 fully saturated rings. The Hall–Kier alpha value is -1.09. The van der Waals surface area contributed by atoms with Gasteiger partial charge in [-0.05, 0) is 49.7 Å². The number of nitrogens with one attached hydrogen (secondary N) is 1. The first-order valence-electron chi connectivity index (χ1n) is 8.22. The predicted molar refractivity (Wildman–Crippen MR) is 87.6 cm³/mol. The Morgan fingerprint density at radius 2 is 1.95 bits per heavy atom. The van der Waals surface area contributed by atoms with Crippen LogP contribution >= 0.6 is 0 Å². The lowest BCUT2D eigenvalue weighted by atomic mass is 9.76. The van der Waals surface area contributed by atoms with Crippen molar-refractivity contribution in [2.24, 2.45) is 5.41 Å². The van der Waals surface area contributed by atoms with Crippen LogP contribution in [0.4, 0.5) is 0 Å². The van der Waals surface area contributed by atoms with Gasteiger partial charge in [-0.2, -0.15) is 0 Å². The fraction of sp³-hybridized carbons (Fsp3) is 0.722. The molecule has 21 heavy (non-hydrogen) atoms. The van der Waals surface area contributed by atoms with Gasteiger partial charge in [-0.1, -0.05) is 27.7 Å². The minimum Gasteiger partial charge on any atom is -0.474 e. The number of aromatic nitrogens is 1. The molecule has 0 aromatic carbocycles. The van der Waals surface area contributed by atoms with Crippen LogP contribution in [0.3, 0.4) is 0 Å². The Morgan fingerprint density at radius 3 is 2.57 bits per heavy atom. The summed E-state index contributed by atoms with van der Waals surface area (Å²) in [7, 11) is 0. The maximum atomic E-state index is 6.14. The van der Waals surface area contributed by atoms with Crippen LogP contribution in [-0.4, -0.2) is 17.1 Å². The van der Waals surface area contributed by atoms with E-state index in [-0.39, 0.29) is 0 Å². The molecule has 1 N–H and O–H groups in total. The van der Waals surface area contributed by atoms with E-state index in [0.29, 0.717) is 17.6 Å². The summed E-state index contributed by atoms with van der Waals surface area (Å²) >= 11 is 0. The average molecular weight is 290 g/mol. The van der Waals surface area contributed by atoms with E-state index in [9.17, 15) is 0 Å². The monoisotopic (exact) mass is 290 g/mol. The molecule has 0 radical (unpaired) electrons. The molecule has 1 aromatic rings. The van der Waals surface area contributed by atoms with Crippen LogP contribution in [0.25, 0.3) is 0 Å². The number of ether oxygens (including phenoxy) is 1. The molecule has 3 heteroatoms. The van der Waals surface area contributed by atoms with E-state index >= 15 is 0 Å². The lowest BCUT2D eigenvalue weighted by Crippen LogP contribution is -2.28. The molecule has 0 atom stereocenters. The Labute approximate surface area is 129 Å². The summed E-state index contributed by atoms with van der Waals surface area (Å²) in [6.45, 7) is 11.9. The van der Waals surface area contributed by atoms with Gasteiger partial charge in [-0.3, -0.25) is 0 Å². The Kier molecular flexibility index (Phi) is 5.26. The molecule has 0 spiro atoms. The minimum absolute atomic E-state index is 0.332. The third kappa shape index (κ3) is 5.31. The summed E-state index contributed by atoms with van der Waals surface area (Å²) < 4.78 is 6.14. The maximum Gasteiger partial charge on any atom is 0.214 e. The zero-order valence-electron chi connectivity index (χ0n) is 14.2. The number of nitrogens with zero attached hydrogens (tertiary/aromatic N) is 1.